The first-order chi connectivity index (χ1) is 14.5. The molecule has 30 heavy (non-hydrogen) atoms. The van der Waals surface area contributed by atoms with Crippen molar-refractivity contribution >= 4 is 30.4 Å². The third-order valence-electron chi connectivity index (χ3n) is 5.31. The zero-order chi connectivity index (χ0) is 21.9. The van der Waals surface area contributed by atoms with Gasteiger partial charge in [0.25, 0.3) is 0 Å². The van der Waals surface area contributed by atoms with Crippen molar-refractivity contribution in [3.8, 4) is 0 Å². The van der Waals surface area contributed by atoms with E-state index in [1.165, 1.54) is 18.7 Å². The predicted molar refractivity (Wildman–Crippen MR) is 130 cm³/mol. The first kappa shape index (κ1) is 24.0. The number of hydrogen-bond donors (Lipinski definition) is 2. The average Bonchev–Trinajstić information content (AvgIpc) is 2.79. The van der Waals surface area contributed by atoms with Gasteiger partial charge in [-0.15, -0.1) is 0 Å². The van der Waals surface area contributed by atoms with Crippen LogP contribution in [0.3, 0.4) is 0 Å². The van der Waals surface area contributed by atoms with Crippen LogP contribution in [-0.4, -0.2) is 37.6 Å². The van der Waals surface area contributed by atoms with Crippen LogP contribution in [0, 0.1) is 0 Å². The molecule has 0 aliphatic heterocycles. The van der Waals surface area contributed by atoms with E-state index in [9.17, 15) is 4.79 Å². The normalized spacial score (nSPS) is 13.4. The van der Waals surface area contributed by atoms with Crippen LogP contribution < -0.4 is 5.32 Å². The van der Waals surface area contributed by atoms with E-state index in [1.54, 1.807) is 6.08 Å². The van der Waals surface area contributed by atoms with Gasteiger partial charge in [0.2, 0.25) is 0 Å². The van der Waals surface area contributed by atoms with E-state index < -0.39 is 0 Å². The van der Waals surface area contributed by atoms with Crippen LogP contribution in [0.2, 0.25) is 0 Å². The van der Waals surface area contributed by atoms with E-state index >= 15 is 0 Å². The molecule has 2 rings (SSSR count). The molecule has 0 radical (unpaired) electrons. The van der Waals surface area contributed by atoms with Gasteiger partial charge in [-0.05, 0) is 48.3 Å². The predicted octanol–water partition coefficient (Wildman–Crippen LogP) is 5.75. The Balaban J connectivity index is 2.37. The lowest BCUT2D eigenvalue weighted by Crippen LogP contribution is -2.27. The van der Waals surface area contributed by atoms with E-state index in [0.29, 0.717) is 0 Å². The molecule has 0 aliphatic rings. The number of thiol groups is 1. The van der Waals surface area contributed by atoms with Crippen LogP contribution in [-0.2, 0) is 9.53 Å². The first-order valence-electron chi connectivity index (χ1n) is 10.6. The van der Waals surface area contributed by atoms with Gasteiger partial charge in [0.05, 0.1) is 13.2 Å². The maximum absolute atomic E-state index is 11.5. The summed E-state index contributed by atoms with van der Waals surface area (Å²) in [5, 5.41) is 3.81. The molecule has 0 aliphatic carbocycles. The third-order valence-corrected chi connectivity index (χ3v) is 5.76. The molecule has 1 N–H and O–H groups in total. The largest absolute Gasteiger partial charge is 0.466 e. The Bertz CT molecular complexity index is 819. The van der Waals surface area contributed by atoms with E-state index in [4.69, 9.17) is 17.4 Å². The third kappa shape index (κ3) is 6.92. The minimum atomic E-state index is -0.363. The number of hydrogen-bond acceptors (Lipinski definition) is 5. The molecule has 0 saturated carbocycles. The van der Waals surface area contributed by atoms with E-state index in [2.05, 4.69) is 67.4 Å². The summed E-state index contributed by atoms with van der Waals surface area (Å²) in [5.41, 5.74) is 4.40. The van der Waals surface area contributed by atoms with E-state index in [0.717, 1.165) is 42.9 Å². The summed E-state index contributed by atoms with van der Waals surface area (Å²) in [6.45, 7) is 9.40. The number of ether oxygens (including phenoxy) is 1. The molecule has 2 unspecified atom stereocenters. The summed E-state index contributed by atoms with van der Waals surface area (Å²) in [6.07, 6.45) is 4.18. The Labute approximate surface area is 186 Å². The van der Waals surface area contributed by atoms with Gasteiger partial charge in [0, 0.05) is 23.6 Å². The minimum Gasteiger partial charge on any atom is -0.466 e. The van der Waals surface area contributed by atoms with Crippen molar-refractivity contribution in [1.82, 2.24) is 4.90 Å². The Kier molecular flexibility index (Phi) is 9.98. The topological polar surface area (TPSA) is 41.6 Å². The maximum Gasteiger partial charge on any atom is 0.330 e. The number of likely N-dealkylation sites (N-methyl/N-ethyl adjacent to an activating group) is 1. The molecular weight excluding hydrogens is 392 g/mol. The molecular formula is C25H34N2O2S. The molecule has 162 valence electrons. The van der Waals surface area contributed by atoms with Gasteiger partial charge in [-0.2, -0.15) is 12.6 Å². The number of esters is 1. The van der Waals surface area contributed by atoms with Gasteiger partial charge >= 0.3 is 5.97 Å². The molecule has 0 aromatic heterocycles. The second kappa shape index (κ2) is 12.5. The van der Waals surface area contributed by atoms with Crippen LogP contribution in [0.4, 0.5) is 5.69 Å². The number of benzene rings is 2. The number of nitrogens with zero attached hydrogens (tertiary/aromatic N) is 1. The van der Waals surface area contributed by atoms with Crippen molar-refractivity contribution in [2.24, 2.45) is 0 Å². The number of anilines is 1. The Hall–Kier alpha value is -2.24. The Morgan fingerprint density at radius 2 is 1.83 bits per heavy atom. The minimum absolute atomic E-state index is 0.0827. The highest BCUT2D eigenvalue weighted by molar-refractivity contribution is 7.80. The highest BCUT2D eigenvalue weighted by Gasteiger charge is 2.17. The van der Waals surface area contributed by atoms with Crippen molar-refractivity contribution in [2.75, 3.05) is 32.1 Å². The molecule has 5 heteroatoms. The molecule has 0 heterocycles. The van der Waals surface area contributed by atoms with Gasteiger partial charge in [-0.1, -0.05) is 63.2 Å². The van der Waals surface area contributed by atoms with Crippen LogP contribution in [0.25, 0.3) is 6.08 Å². The summed E-state index contributed by atoms with van der Waals surface area (Å²) in [4.78, 5) is 13.9. The van der Waals surface area contributed by atoms with Crippen molar-refractivity contribution in [3.05, 3.63) is 71.3 Å². The molecule has 0 spiro atoms. The summed E-state index contributed by atoms with van der Waals surface area (Å²) in [5.74, 6) is -0.363. The summed E-state index contributed by atoms with van der Waals surface area (Å²) >= 11 is 4.94. The van der Waals surface area contributed by atoms with Crippen molar-refractivity contribution < 1.29 is 9.53 Å². The number of carbonyl (C=O) groups excluding carboxylic acids is 1. The van der Waals surface area contributed by atoms with Gasteiger partial charge in [-0.25, -0.2) is 4.79 Å². The second-order valence-electron chi connectivity index (χ2n) is 7.22. The summed E-state index contributed by atoms with van der Waals surface area (Å²) in [6, 6.07) is 16.9. The fraction of sp³-hybridized carbons (Fsp3) is 0.400. The van der Waals surface area contributed by atoms with Gasteiger partial charge < -0.3 is 15.0 Å². The second-order valence-corrected chi connectivity index (χ2v) is 7.84. The maximum atomic E-state index is 11.5. The molecule has 0 amide bonds. The van der Waals surface area contributed by atoms with Crippen LogP contribution in [0.1, 0.15) is 55.2 Å². The Morgan fingerprint density at radius 3 is 2.43 bits per heavy atom. The Morgan fingerprint density at radius 1 is 1.13 bits per heavy atom. The molecule has 2 atom stereocenters. The lowest BCUT2D eigenvalue weighted by atomic mass is 10.0. The van der Waals surface area contributed by atoms with Crippen molar-refractivity contribution in [3.63, 3.8) is 0 Å². The zero-order valence-electron chi connectivity index (χ0n) is 18.5. The average molecular weight is 427 g/mol. The monoisotopic (exact) mass is 426 g/mol. The fourth-order valence-electron chi connectivity index (χ4n) is 3.44. The SMILES string of the molecule is CCC(Nc1cc(/C=C/C(=O)OC)ccc1C(S)CN(CC)CC)c1ccccc1. The van der Waals surface area contributed by atoms with E-state index in [-0.39, 0.29) is 17.3 Å². The zero-order valence-corrected chi connectivity index (χ0v) is 19.4. The van der Waals surface area contributed by atoms with Crippen LogP contribution in [0.15, 0.2) is 54.6 Å². The summed E-state index contributed by atoms with van der Waals surface area (Å²) in [7, 11) is 1.38. The van der Waals surface area contributed by atoms with Gasteiger partial charge in [0.15, 0.2) is 0 Å². The lowest BCUT2D eigenvalue weighted by molar-refractivity contribution is -0.134. The van der Waals surface area contributed by atoms with Crippen molar-refractivity contribution in [1.29, 1.82) is 0 Å². The smallest absolute Gasteiger partial charge is 0.330 e. The first-order valence-corrected chi connectivity index (χ1v) is 11.2. The lowest BCUT2D eigenvalue weighted by Gasteiger charge is -2.26. The van der Waals surface area contributed by atoms with Gasteiger partial charge in [0.1, 0.15) is 0 Å². The molecule has 2 aromatic carbocycles. The molecule has 0 fully saturated rings. The molecule has 4 nitrogen and oxygen atoms in total. The molecule has 0 bridgehead atoms. The van der Waals surface area contributed by atoms with Crippen LogP contribution in [0.5, 0.6) is 0 Å². The number of methoxy groups -OCH3 is 1. The molecule has 0 saturated heterocycles. The summed E-state index contributed by atoms with van der Waals surface area (Å²) < 4.78 is 4.71. The number of rotatable bonds is 11. The highest BCUT2D eigenvalue weighted by Crippen LogP contribution is 2.33. The standard InChI is InChI=1S/C25H34N2O2S/c1-5-22(20-11-9-8-10-12-20)26-23-17-19(14-16-25(28)29-4)13-15-21(23)24(30)18-27(6-2)7-3/h8-17,22,24,26,30H,5-7,18H2,1-4H3/b16-14+. The number of nitrogens with one attached hydrogen (secondary N) is 1. The fourth-order valence-corrected chi connectivity index (χ4v) is 3.90. The van der Waals surface area contributed by atoms with Gasteiger partial charge in [-0.3, -0.25) is 0 Å². The number of carbonyl (C=O) groups is 1. The van der Waals surface area contributed by atoms with E-state index in [1.807, 2.05) is 12.1 Å². The highest BCUT2D eigenvalue weighted by atomic mass is 32.1. The quantitative estimate of drug-likeness (QED) is 0.273. The van der Waals surface area contributed by atoms with Crippen LogP contribution >= 0.6 is 12.6 Å². The molecule has 2 aromatic rings. The van der Waals surface area contributed by atoms with Crippen molar-refractivity contribution in [2.45, 2.75) is 38.5 Å².